The van der Waals surface area contributed by atoms with Crippen LogP contribution < -0.4 is 23.5 Å². The molecule has 0 saturated carbocycles. The Hall–Kier alpha value is -3.60. The van der Waals surface area contributed by atoms with Crippen LogP contribution in [0.1, 0.15) is 71.9 Å². The van der Waals surface area contributed by atoms with Gasteiger partial charge in [-0.1, -0.05) is 64.5 Å². The highest BCUT2D eigenvalue weighted by atomic mass is 35.7. The summed E-state index contributed by atoms with van der Waals surface area (Å²) >= 11 is 0. The molecule has 0 aliphatic carbocycles. The second-order valence-corrected chi connectivity index (χ2v) is 13.0. The summed E-state index contributed by atoms with van der Waals surface area (Å²) in [7, 11) is -4.94. The average Bonchev–Trinajstić information content (AvgIpc) is 3.29. The van der Waals surface area contributed by atoms with E-state index in [1.54, 1.807) is 12.1 Å². The number of hydrogen-bond acceptors (Lipinski definition) is 7. The number of non-ortho nitro benzene ring substituents is 1. The SMILES string of the molecule is CCCC[N+]1=C(C=CC=C2N(CCC)c3ccc([N+](=O)[O-])cc3C2(C)C)C(C)(C)c2c1ccc1ccccc21.[O-][Cl+3]([O-])([O-])[O-]. The zero-order valence-corrected chi connectivity index (χ0v) is 26.9. The Kier molecular flexibility index (Phi) is 9.68. The summed E-state index contributed by atoms with van der Waals surface area (Å²) in [5.41, 5.74) is 6.96. The third-order valence-electron chi connectivity index (χ3n) is 8.53. The number of hydrogen-bond donors (Lipinski definition) is 0. The number of allylic oxidation sites excluding steroid dienone is 4. The van der Waals surface area contributed by atoms with Crippen LogP contribution in [0, 0.1) is 20.4 Å². The third-order valence-corrected chi connectivity index (χ3v) is 8.53. The molecule has 3 aromatic carbocycles. The van der Waals surface area contributed by atoms with E-state index in [0.717, 1.165) is 43.6 Å². The molecule has 0 amide bonds. The van der Waals surface area contributed by atoms with Gasteiger partial charge >= 0.3 is 0 Å². The van der Waals surface area contributed by atoms with E-state index < -0.39 is 10.2 Å². The Morgan fingerprint density at radius 1 is 0.932 bits per heavy atom. The van der Waals surface area contributed by atoms with Gasteiger partial charge in [-0.25, -0.2) is 18.6 Å². The van der Waals surface area contributed by atoms with Crippen LogP contribution in [0.5, 0.6) is 0 Å². The Morgan fingerprint density at radius 2 is 1.61 bits per heavy atom. The van der Waals surface area contributed by atoms with Gasteiger partial charge in [0.1, 0.15) is 6.54 Å². The van der Waals surface area contributed by atoms with Crippen molar-refractivity contribution in [1.29, 1.82) is 0 Å². The molecular weight excluding hydrogens is 582 g/mol. The maximum absolute atomic E-state index is 11.5. The van der Waals surface area contributed by atoms with Crippen LogP contribution in [-0.2, 0) is 10.8 Å². The highest BCUT2D eigenvalue weighted by molar-refractivity contribution is 6.07. The lowest BCUT2D eigenvalue weighted by molar-refractivity contribution is -2.00. The topological polar surface area (TPSA) is 142 Å². The Morgan fingerprint density at radius 3 is 2.25 bits per heavy atom. The lowest BCUT2D eigenvalue weighted by atomic mass is 9.79. The van der Waals surface area contributed by atoms with E-state index in [1.165, 1.54) is 33.4 Å². The van der Waals surface area contributed by atoms with E-state index >= 15 is 0 Å². The summed E-state index contributed by atoms with van der Waals surface area (Å²) < 4.78 is 36.5. The second-order valence-electron chi connectivity index (χ2n) is 12.2. The molecule has 9 nitrogen and oxygen atoms in total. The normalized spacial score (nSPS) is 17.7. The molecule has 0 N–H and O–H groups in total. The standard InChI is InChI=1S/C34H40N3O2.ClHO4/c1-7-9-22-36-29-19-17-24-13-10-11-14-26(24)32(29)34(5,6)31(36)16-12-15-30-33(3,4)27-23-25(37(38)39)18-20-28(27)35(30)21-8-2;2-1(3,4)5/h10-20,23H,7-9,21-22H2,1-6H3;(H,2,3,4,5)/q+1;/p-1. The van der Waals surface area contributed by atoms with Gasteiger partial charge in [0.15, 0.2) is 5.71 Å². The van der Waals surface area contributed by atoms with Gasteiger partial charge in [-0.05, 0) is 54.8 Å². The minimum Gasteiger partial charge on any atom is -0.344 e. The molecule has 5 rings (SSSR count). The molecule has 0 radical (unpaired) electrons. The zero-order chi connectivity index (χ0) is 32.4. The first kappa shape index (κ1) is 33.3. The van der Waals surface area contributed by atoms with Gasteiger partial charge in [0, 0.05) is 59.6 Å². The largest absolute Gasteiger partial charge is 0.344 e. The Labute approximate surface area is 261 Å². The number of nitrogens with zero attached hydrogens (tertiary/aromatic N) is 3. The van der Waals surface area contributed by atoms with Gasteiger partial charge in [-0.2, -0.15) is 4.58 Å². The number of benzene rings is 3. The maximum Gasteiger partial charge on any atom is 0.269 e. The summed E-state index contributed by atoms with van der Waals surface area (Å²) in [4.78, 5) is 13.6. The second kappa shape index (κ2) is 12.8. The van der Waals surface area contributed by atoms with Gasteiger partial charge in [-0.15, -0.1) is 10.2 Å². The molecule has 0 aromatic heterocycles. The molecule has 234 valence electrons. The fourth-order valence-electron chi connectivity index (χ4n) is 6.56. The molecule has 10 heteroatoms. The van der Waals surface area contributed by atoms with Gasteiger partial charge < -0.3 is 4.90 Å². The van der Waals surface area contributed by atoms with Crippen molar-refractivity contribution in [1.82, 2.24) is 0 Å². The van der Waals surface area contributed by atoms with Crippen LogP contribution in [0.3, 0.4) is 0 Å². The average molecular weight is 622 g/mol. The molecule has 0 bridgehead atoms. The maximum atomic E-state index is 11.5. The lowest BCUT2D eigenvalue weighted by Crippen LogP contribution is -2.68. The molecule has 2 aliphatic heterocycles. The van der Waals surface area contributed by atoms with Crippen molar-refractivity contribution >= 4 is 33.5 Å². The molecule has 2 heterocycles. The van der Waals surface area contributed by atoms with Crippen molar-refractivity contribution in [2.75, 3.05) is 18.0 Å². The van der Waals surface area contributed by atoms with E-state index in [1.807, 2.05) is 6.07 Å². The van der Waals surface area contributed by atoms with Crippen molar-refractivity contribution in [3.8, 4) is 0 Å². The first-order valence-corrected chi connectivity index (χ1v) is 16.1. The number of fused-ring (bicyclic) bond motifs is 4. The minimum absolute atomic E-state index is 0.142. The molecule has 0 saturated heterocycles. The van der Waals surface area contributed by atoms with E-state index in [-0.39, 0.29) is 21.4 Å². The molecule has 0 atom stereocenters. The fourth-order valence-corrected chi connectivity index (χ4v) is 6.56. The molecule has 44 heavy (non-hydrogen) atoms. The van der Waals surface area contributed by atoms with E-state index in [9.17, 15) is 10.1 Å². The van der Waals surface area contributed by atoms with Crippen molar-refractivity contribution in [3.63, 3.8) is 0 Å². The number of halogens is 1. The van der Waals surface area contributed by atoms with Crippen LogP contribution in [0.25, 0.3) is 10.8 Å². The third kappa shape index (κ3) is 6.57. The Balaban J connectivity index is 0.000000818. The quantitative estimate of drug-likeness (QED) is 0.211. The van der Waals surface area contributed by atoms with Crippen LogP contribution >= 0.6 is 0 Å². The summed E-state index contributed by atoms with van der Waals surface area (Å²) in [6, 6.07) is 18.5. The van der Waals surface area contributed by atoms with Gasteiger partial charge in [0.05, 0.1) is 10.3 Å². The number of unbranched alkanes of at least 4 members (excludes halogenated alkanes) is 1. The molecule has 0 fully saturated rings. The van der Waals surface area contributed by atoms with Crippen LogP contribution in [0.2, 0.25) is 0 Å². The first-order valence-electron chi connectivity index (χ1n) is 14.9. The molecular formula is C34H40ClN3O6. The predicted molar refractivity (Wildman–Crippen MR) is 163 cm³/mol. The van der Waals surface area contributed by atoms with Gasteiger partial charge in [0.2, 0.25) is 5.69 Å². The molecule has 0 spiro atoms. The highest BCUT2D eigenvalue weighted by Crippen LogP contribution is 2.49. The summed E-state index contributed by atoms with van der Waals surface area (Å²) in [5, 5.41) is 14.1. The minimum atomic E-state index is -4.94. The van der Waals surface area contributed by atoms with Crippen molar-refractivity contribution < 1.29 is 38.4 Å². The smallest absolute Gasteiger partial charge is 0.269 e. The number of nitro groups is 1. The predicted octanol–water partition coefficient (Wildman–Crippen LogP) is 3.82. The zero-order valence-electron chi connectivity index (χ0n) is 26.1. The molecule has 0 unspecified atom stereocenters. The van der Waals surface area contributed by atoms with Gasteiger partial charge in [0.25, 0.3) is 5.69 Å². The summed E-state index contributed by atoms with van der Waals surface area (Å²) in [6.07, 6.45) is 9.99. The van der Waals surface area contributed by atoms with Gasteiger partial charge in [-0.3, -0.25) is 10.1 Å². The number of anilines is 1. The van der Waals surface area contributed by atoms with Crippen molar-refractivity contribution in [3.05, 3.63) is 99.8 Å². The highest BCUT2D eigenvalue weighted by Gasteiger charge is 2.45. The fraction of sp³-hybridized carbons (Fsp3) is 0.382. The first-order chi connectivity index (χ1) is 20.6. The monoisotopic (exact) mass is 621 g/mol. The van der Waals surface area contributed by atoms with Crippen LogP contribution in [-0.4, -0.2) is 28.3 Å². The van der Waals surface area contributed by atoms with Crippen LogP contribution in [0.15, 0.2) is 78.5 Å². The molecule has 2 aliphatic rings. The molecule has 3 aromatic rings. The number of nitro benzene ring substituents is 1. The lowest BCUT2D eigenvalue weighted by Gasteiger charge is -2.26. The van der Waals surface area contributed by atoms with Crippen molar-refractivity contribution in [2.24, 2.45) is 0 Å². The van der Waals surface area contributed by atoms with E-state index in [0.29, 0.717) is 0 Å². The summed E-state index contributed by atoms with van der Waals surface area (Å²) in [5.74, 6) is 0. The van der Waals surface area contributed by atoms with Crippen molar-refractivity contribution in [2.45, 2.75) is 71.6 Å². The Bertz CT molecular complexity index is 1650. The van der Waals surface area contributed by atoms with Crippen LogP contribution in [0.4, 0.5) is 17.1 Å². The van der Waals surface area contributed by atoms with E-state index in [4.69, 9.17) is 18.6 Å². The summed E-state index contributed by atoms with van der Waals surface area (Å²) in [6.45, 7) is 15.3. The van der Waals surface area contributed by atoms with E-state index in [2.05, 4.69) is 106 Å². The number of rotatable bonds is 8.